The second kappa shape index (κ2) is 3.57. The number of benzene rings is 1. The van der Waals surface area contributed by atoms with Crippen molar-refractivity contribution in [1.29, 1.82) is 0 Å². The molecule has 0 heterocycles. The molecule has 1 amide bonds. The van der Waals surface area contributed by atoms with Gasteiger partial charge in [0, 0.05) is 5.56 Å². The SMILES string of the molecule is CC(C)c1ccc(C(N)=O)c(O)c1O. The van der Waals surface area contributed by atoms with Crippen LogP contribution in [0.15, 0.2) is 12.1 Å². The first-order valence-corrected chi connectivity index (χ1v) is 4.29. The van der Waals surface area contributed by atoms with Crippen molar-refractivity contribution in [2.45, 2.75) is 19.8 Å². The number of hydrogen-bond donors (Lipinski definition) is 3. The van der Waals surface area contributed by atoms with E-state index in [1.54, 1.807) is 6.07 Å². The number of primary amides is 1. The quantitative estimate of drug-likeness (QED) is 0.622. The van der Waals surface area contributed by atoms with Gasteiger partial charge in [-0.3, -0.25) is 4.79 Å². The zero-order chi connectivity index (χ0) is 10.9. The molecule has 4 heteroatoms. The van der Waals surface area contributed by atoms with Crippen LogP contribution in [0.3, 0.4) is 0 Å². The number of phenols is 2. The Morgan fingerprint density at radius 1 is 1.29 bits per heavy atom. The van der Waals surface area contributed by atoms with Crippen molar-refractivity contribution in [2.24, 2.45) is 5.73 Å². The van der Waals surface area contributed by atoms with Gasteiger partial charge in [0.25, 0.3) is 5.91 Å². The summed E-state index contributed by atoms with van der Waals surface area (Å²) in [5.74, 6) is -1.39. The average Bonchev–Trinajstić information content (AvgIpc) is 2.08. The maximum atomic E-state index is 10.8. The molecule has 0 aliphatic rings. The summed E-state index contributed by atoms with van der Waals surface area (Å²) in [6.45, 7) is 3.75. The zero-order valence-electron chi connectivity index (χ0n) is 8.11. The van der Waals surface area contributed by atoms with E-state index in [4.69, 9.17) is 5.73 Å². The van der Waals surface area contributed by atoms with Crippen LogP contribution in [-0.2, 0) is 0 Å². The molecule has 0 saturated heterocycles. The summed E-state index contributed by atoms with van der Waals surface area (Å²) in [6.07, 6.45) is 0. The molecule has 1 aromatic carbocycles. The lowest BCUT2D eigenvalue weighted by Gasteiger charge is -2.11. The molecule has 4 nitrogen and oxygen atoms in total. The van der Waals surface area contributed by atoms with E-state index in [0.29, 0.717) is 5.56 Å². The van der Waals surface area contributed by atoms with Crippen molar-refractivity contribution in [3.05, 3.63) is 23.3 Å². The molecule has 0 aliphatic carbocycles. The molecular formula is C10H13NO3. The fourth-order valence-corrected chi connectivity index (χ4v) is 1.26. The van der Waals surface area contributed by atoms with Crippen molar-refractivity contribution >= 4 is 5.91 Å². The van der Waals surface area contributed by atoms with Crippen LogP contribution in [0.4, 0.5) is 0 Å². The van der Waals surface area contributed by atoms with Gasteiger partial charge in [-0.1, -0.05) is 19.9 Å². The van der Waals surface area contributed by atoms with E-state index >= 15 is 0 Å². The van der Waals surface area contributed by atoms with Crippen LogP contribution in [0.25, 0.3) is 0 Å². The highest BCUT2D eigenvalue weighted by atomic mass is 16.3. The van der Waals surface area contributed by atoms with Gasteiger partial charge in [0.05, 0.1) is 5.56 Å². The van der Waals surface area contributed by atoms with Crippen molar-refractivity contribution < 1.29 is 15.0 Å². The Morgan fingerprint density at radius 3 is 2.29 bits per heavy atom. The second-order valence-corrected chi connectivity index (χ2v) is 3.42. The lowest BCUT2D eigenvalue weighted by Crippen LogP contribution is -2.11. The van der Waals surface area contributed by atoms with Gasteiger partial charge in [-0.2, -0.15) is 0 Å². The van der Waals surface area contributed by atoms with Crippen LogP contribution in [-0.4, -0.2) is 16.1 Å². The molecule has 1 aromatic rings. The van der Waals surface area contributed by atoms with Gasteiger partial charge in [0.1, 0.15) is 0 Å². The number of phenolic OH excluding ortho intramolecular Hbond substituents is 1. The summed E-state index contributed by atoms with van der Waals surface area (Å²) in [5.41, 5.74) is 5.53. The summed E-state index contributed by atoms with van der Waals surface area (Å²) < 4.78 is 0. The summed E-state index contributed by atoms with van der Waals surface area (Å²) >= 11 is 0. The van der Waals surface area contributed by atoms with Crippen LogP contribution in [0, 0.1) is 0 Å². The van der Waals surface area contributed by atoms with E-state index in [2.05, 4.69) is 0 Å². The number of nitrogens with two attached hydrogens (primary N) is 1. The second-order valence-electron chi connectivity index (χ2n) is 3.42. The maximum Gasteiger partial charge on any atom is 0.252 e. The number of rotatable bonds is 2. The van der Waals surface area contributed by atoms with Gasteiger partial charge in [-0.05, 0) is 12.0 Å². The molecule has 0 atom stereocenters. The highest BCUT2D eigenvalue weighted by Crippen LogP contribution is 2.36. The lowest BCUT2D eigenvalue weighted by atomic mass is 9.99. The molecule has 4 N–H and O–H groups in total. The molecule has 0 radical (unpaired) electrons. The van der Waals surface area contributed by atoms with E-state index in [9.17, 15) is 15.0 Å². The van der Waals surface area contributed by atoms with Crippen LogP contribution < -0.4 is 5.73 Å². The molecule has 14 heavy (non-hydrogen) atoms. The standard InChI is InChI=1S/C10H13NO3/c1-5(2)6-3-4-7(10(11)14)9(13)8(6)12/h3-5,12-13H,1-2H3,(H2,11,14). The predicted octanol–water partition coefficient (Wildman–Crippen LogP) is 1.32. The largest absolute Gasteiger partial charge is 0.504 e. The minimum atomic E-state index is -0.756. The van der Waals surface area contributed by atoms with E-state index < -0.39 is 11.7 Å². The fraction of sp³-hybridized carbons (Fsp3) is 0.300. The minimum absolute atomic E-state index is 0.0631. The van der Waals surface area contributed by atoms with Gasteiger partial charge >= 0.3 is 0 Å². The summed E-state index contributed by atoms with van der Waals surface area (Å²) in [5, 5.41) is 19.0. The molecule has 0 saturated carbocycles. The molecular weight excluding hydrogens is 182 g/mol. The van der Waals surface area contributed by atoms with Gasteiger partial charge in [0.15, 0.2) is 11.5 Å². The third-order valence-electron chi connectivity index (χ3n) is 2.07. The molecule has 0 aliphatic heterocycles. The van der Waals surface area contributed by atoms with Gasteiger partial charge < -0.3 is 15.9 Å². The Balaban J connectivity index is 3.33. The molecule has 76 valence electrons. The van der Waals surface area contributed by atoms with Crippen LogP contribution in [0.2, 0.25) is 0 Å². The predicted molar refractivity (Wildman–Crippen MR) is 52.4 cm³/mol. The number of carbonyl (C=O) groups is 1. The van der Waals surface area contributed by atoms with Crippen molar-refractivity contribution in [3.8, 4) is 11.5 Å². The summed E-state index contributed by atoms with van der Waals surface area (Å²) in [7, 11) is 0. The molecule has 0 unspecified atom stereocenters. The third kappa shape index (κ3) is 1.64. The Bertz CT molecular complexity index is 372. The van der Waals surface area contributed by atoms with Crippen molar-refractivity contribution in [1.82, 2.24) is 0 Å². The highest BCUT2D eigenvalue weighted by molar-refractivity contribution is 5.96. The average molecular weight is 195 g/mol. The molecule has 0 fully saturated rings. The first kappa shape index (κ1) is 10.4. The lowest BCUT2D eigenvalue weighted by molar-refractivity contribution is 0.0997. The van der Waals surface area contributed by atoms with E-state index in [1.165, 1.54) is 6.07 Å². The first-order valence-electron chi connectivity index (χ1n) is 4.29. The zero-order valence-corrected chi connectivity index (χ0v) is 8.11. The normalized spacial score (nSPS) is 10.5. The summed E-state index contributed by atoms with van der Waals surface area (Å²) in [4.78, 5) is 10.8. The smallest absolute Gasteiger partial charge is 0.252 e. The minimum Gasteiger partial charge on any atom is -0.504 e. The van der Waals surface area contributed by atoms with Gasteiger partial charge in [-0.15, -0.1) is 0 Å². The number of amides is 1. The first-order chi connectivity index (χ1) is 6.45. The van der Waals surface area contributed by atoms with Crippen LogP contribution in [0.1, 0.15) is 35.7 Å². The fourth-order valence-electron chi connectivity index (χ4n) is 1.26. The van der Waals surface area contributed by atoms with E-state index in [0.717, 1.165) is 0 Å². The van der Waals surface area contributed by atoms with Crippen molar-refractivity contribution in [3.63, 3.8) is 0 Å². The monoisotopic (exact) mass is 195 g/mol. The van der Waals surface area contributed by atoms with Crippen molar-refractivity contribution in [2.75, 3.05) is 0 Å². The Morgan fingerprint density at radius 2 is 1.86 bits per heavy atom. The Kier molecular flexibility index (Phi) is 2.65. The number of aromatic hydroxyl groups is 2. The molecule has 0 spiro atoms. The van der Waals surface area contributed by atoms with E-state index in [1.807, 2.05) is 13.8 Å². The van der Waals surface area contributed by atoms with Crippen LogP contribution in [0.5, 0.6) is 11.5 Å². The Labute approximate surface area is 82.0 Å². The molecule has 0 bridgehead atoms. The Hall–Kier alpha value is -1.71. The molecule has 1 rings (SSSR count). The van der Waals surface area contributed by atoms with E-state index in [-0.39, 0.29) is 17.2 Å². The maximum absolute atomic E-state index is 10.8. The van der Waals surface area contributed by atoms with Crippen LogP contribution >= 0.6 is 0 Å². The topological polar surface area (TPSA) is 83.6 Å². The van der Waals surface area contributed by atoms with Gasteiger partial charge in [0.2, 0.25) is 0 Å². The number of carbonyl (C=O) groups excluding carboxylic acids is 1. The summed E-state index contributed by atoms with van der Waals surface area (Å²) in [6, 6.07) is 2.99. The molecule has 0 aromatic heterocycles. The third-order valence-corrected chi connectivity index (χ3v) is 2.07. The number of hydrogen-bond acceptors (Lipinski definition) is 3. The van der Waals surface area contributed by atoms with Gasteiger partial charge in [-0.25, -0.2) is 0 Å². The highest BCUT2D eigenvalue weighted by Gasteiger charge is 2.16.